The summed E-state index contributed by atoms with van der Waals surface area (Å²) in [6.07, 6.45) is 1.88. The van der Waals surface area contributed by atoms with Crippen LogP contribution >= 0.6 is 11.8 Å². The van der Waals surface area contributed by atoms with Gasteiger partial charge in [-0.15, -0.1) is 0 Å². The molecule has 2 aliphatic heterocycles. The van der Waals surface area contributed by atoms with Gasteiger partial charge in [0.05, 0.1) is 17.7 Å². The lowest BCUT2D eigenvalue weighted by atomic mass is 10.1. The van der Waals surface area contributed by atoms with E-state index in [1.807, 2.05) is 53.4 Å². The minimum atomic E-state index is -0.0923. The van der Waals surface area contributed by atoms with Crippen molar-refractivity contribution in [3.63, 3.8) is 0 Å². The highest BCUT2D eigenvalue weighted by Gasteiger charge is 2.30. The van der Waals surface area contributed by atoms with Gasteiger partial charge in [-0.1, -0.05) is 36.0 Å². The average Bonchev–Trinajstić information content (AvgIpc) is 2.91. The minimum Gasteiger partial charge on any atom is -0.497 e. The van der Waals surface area contributed by atoms with E-state index in [1.54, 1.807) is 19.1 Å². The van der Waals surface area contributed by atoms with Crippen LogP contribution in [0.4, 0.5) is 11.4 Å². The van der Waals surface area contributed by atoms with Gasteiger partial charge >= 0.3 is 0 Å². The van der Waals surface area contributed by atoms with Crippen LogP contribution in [0.25, 0.3) is 6.08 Å². The van der Waals surface area contributed by atoms with Crippen molar-refractivity contribution in [2.24, 2.45) is 0 Å². The maximum absolute atomic E-state index is 13.5. The number of thioether (sulfide) groups is 1. The van der Waals surface area contributed by atoms with Crippen LogP contribution in [-0.4, -0.2) is 56.5 Å². The van der Waals surface area contributed by atoms with E-state index in [0.29, 0.717) is 23.6 Å². The van der Waals surface area contributed by atoms with Gasteiger partial charge in [0.15, 0.2) is 0 Å². The topological polar surface area (TPSA) is 53.1 Å². The Kier molecular flexibility index (Phi) is 6.98. The van der Waals surface area contributed by atoms with Crippen LogP contribution in [0.3, 0.4) is 0 Å². The molecule has 0 spiro atoms. The predicted octanol–water partition coefficient (Wildman–Crippen LogP) is 5.46. The van der Waals surface area contributed by atoms with Gasteiger partial charge < -0.3 is 19.4 Å². The third kappa shape index (κ3) is 5.09. The molecule has 190 valence electrons. The number of amides is 2. The number of hydrogen-bond donors (Lipinski definition) is 0. The number of anilines is 2. The van der Waals surface area contributed by atoms with E-state index >= 15 is 0 Å². The van der Waals surface area contributed by atoms with Crippen molar-refractivity contribution < 1.29 is 14.3 Å². The molecule has 3 aromatic carbocycles. The summed E-state index contributed by atoms with van der Waals surface area (Å²) in [6, 6.07) is 22.0. The molecular weight excluding hydrogens is 482 g/mol. The number of benzene rings is 3. The van der Waals surface area contributed by atoms with Crippen LogP contribution < -0.4 is 14.5 Å². The molecule has 6 nitrogen and oxygen atoms in total. The first kappa shape index (κ1) is 25.0. The van der Waals surface area contributed by atoms with Gasteiger partial charge in [0.2, 0.25) is 0 Å². The van der Waals surface area contributed by atoms with Gasteiger partial charge in [0.25, 0.3) is 11.8 Å². The Balaban J connectivity index is 1.33. The van der Waals surface area contributed by atoms with E-state index in [2.05, 4.69) is 43.0 Å². The first-order valence-electron chi connectivity index (χ1n) is 12.4. The Labute approximate surface area is 222 Å². The van der Waals surface area contributed by atoms with Crippen molar-refractivity contribution in [1.29, 1.82) is 0 Å². The fourth-order valence-corrected chi connectivity index (χ4v) is 6.02. The normalized spacial score (nSPS) is 18.7. The number of hydrogen-bond acceptors (Lipinski definition) is 5. The Morgan fingerprint density at radius 1 is 1.05 bits per heavy atom. The standard InChI is InChI=1S/C30H31N3O3S/c1-20-7-5-9-24(15-20)33-14-13-32(19-21(33)2)29(34)23-11-12-27-26(18-23)31(3)30(35)28(37-27)17-22-8-6-10-25(16-22)36-4/h5-12,15-18,21H,13-14,19H2,1-4H3/b28-17-. The number of likely N-dealkylation sites (N-methyl/N-ethyl adjacent to an activating group) is 1. The monoisotopic (exact) mass is 513 g/mol. The first-order valence-corrected chi connectivity index (χ1v) is 13.2. The summed E-state index contributed by atoms with van der Waals surface area (Å²) in [7, 11) is 3.39. The average molecular weight is 514 g/mol. The van der Waals surface area contributed by atoms with E-state index in [4.69, 9.17) is 4.74 Å². The van der Waals surface area contributed by atoms with Crippen molar-refractivity contribution in [2.75, 3.05) is 43.6 Å². The lowest BCUT2D eigenvalue weighted by Gasteiger charge is -2.41. The van der Waals surface area contributed by atoms with Crippen LogP contribution in [0, 0.1) is 6.92 Å². The number of aryl methyl sites for hydroxylation is 1. The number of nitrogens with zero attached hydrogens (tertiary/aromatic N) is 3. The fourth-order valence-electron chi connectivity index (χ4n) is 4.92. The zero-order chi connectivity index (χ0) is 26.1. The summed E-state index contributed by atoms with van der Waals surface area (Å²) in [5, 5.41) is 0. The van der Waals surface area contributed by atoms with Crippen LogP contribution in [0.15, 0.2) is 76.5 Å². The number of fused-ring (bicyclic) bond motifs is 1. The largest absolute Gasteiger partial charge is 0.497 e. The fraction of sp³-hybridized carbons (Fsp3) is 0.267. The third-order valence-electron chi connectivity index (χ3n) is 6.94. The van der Waals surface area contributed by atoms with Gasteiger partial charge in [-0.3, -0.25) is 9.59 Å². The molecule has 2 amide bonds. The molecule has 2 heterocycles. The van der Waals surface area contributed by atoms with E-state index in [1.165, 1.54) is 23.0 Å². The number of rotatable bonds is 4. The summed E-state index contributed by atoms with van der Waals surface area (Å²) in [6.45, 7) is 6.36. The van der Waals surface area contributed by atoms with Gasteiger partial charge in [-0.2, -0.15) is 0 Å². The van der Waals surface area contributed by atoms with Crippen LogP contribution in [0.2, 0.25) is 0 Å². The molecule has 37 heavy (non-hydrogen) atoms. The molecule has 0 aliphatic carbocycles. The maximum Gasteiger partial charge on any atom is 0.264 e. The number of ether oxygens (including phenoxy) is 1. The van der Waals surface area contributed by atoms with Gasteiger partial charge in [-0.05, 0) is 73.5 Å². The van der Waals surface area contributed by atoms with Gasteiger partial charge in [0, 0.05) is 48.9 Å². The highest BCUT2D eigenvalue weighted by molar-refractivity contribution is 8.04. The molecule has 0 bridgehead atoms. The Hall–Kier alpha value is -3.71. The van der Waals surface area contributed by atoms with Crippen LogP contribution in [0.1, 0.15) is 28.4 Å². The summed E-state index contributed by atoms with van der Waals surface area (Å²) < 4.78 is 5.30. The second kappa shape index (κ2) is 10.3. The molecule has 1 saturated heterocycles. The SMILES string of the molecule is COc1cccc(/C=C2\Sc3ccc(C(=O)N4CCN(c5cccc(C)c5)C(C)C4)cc3N(C)C2=O)c1. The molecule has 0 aromatic heterocycles. The predicted molar refractivity (Wildman–Crippen MR) is 151 cm³/mol. The summed E-state index contributed by atoms with van der Waals surface area (Å²) in [4.78, 5) is 34.1. The van der Waals surface area contributed by atoms with Crippen LogP contribution in [-0.2, 0) is 4.79 Å². The summed E-state index contributed by atoms with van der Waals surface area (Å²) >= 11 is 1.43. The Morgan fingerprint density at radius 2 is 1.86 bits per heavy atom. The van der Waals surface area contributed by atoms with Crippen molar-refractivity contribution in [1.82, 2.24) is 4.90 Å². The molecule has 1 unspecified atom stereocenters. The molecule has 5 rings (SSSR count). The zero-order valence-electron chi connectivity index (χ0n) is 21.6. The molecule has 3 aromatic rings. The number of methoxy groups -OCH3 is 1. The molecule has 1 fully saturated rings. The zero-order valence-corrected chi connectivity index (χ0v) is 22.4. The van der Waals surface area contributed by atoms with Gasteiger partial charge in [-0.25, -0.2) is 0 Å². The number of piperazine rings is 1. The molecule has 2 aliphatic rings. The quantitative estimate of drug-likeness (QED) is 0.434. The van der Waals surface area contributed by atoms with Crippen molar-refractivity contribution in [3.8, 4) is 5.75 Å². The molecule has 0 saturated carbocycles. The van der Waals surface area contributed by atoms with Crippen LogP contribution in [0.5, 0.6) is 5.75 Å². The maximum atomic E-state index is 13.5. The number of carbonyl (C=O) groups is 2. The summed E-state index contributed by atoms with van der Waals surface area (Å²) in [5.41, 5.74) is 4.70. The Morgan fingerprint density at radius 3 is 2.62 bits per heavy atom. The van der Waals surface area contributed by atoms with Crippen molar-refractivity contribution in [3.05, 3.63) is 88.3 Å². The highest BCUT2D eigenvalue weighted by Crippen LogP contribution is 2.42. The van der Waals surface area contributed by atoms with E-state index in [-0.39, 0.29) is 17.9 Å². The molecule has 1 atom stereocenters. The van der Waals surface area contributed by atoms with E-state index in [0.717, 1.165) is 28.4 Å². The molecular formula is C30H31N3O3S. The second-order valence-electron chi connectivity index (χ2n) is 9.57. The number of carbonyl (C=O) groups excluding carboxylic acids is 2. The molecule has 0 N–H and O–H groups in total. The van der Waals surface area contributed by atoms with E-state index in [9.17, 15) is 9.59 Å². The lowest BCUT2D eigenvalue weighted by Crippen LogP contribution is -2.53. The van der Waals surface area contributed by atoms with Gasteiger partial charge in [0.1, 0.15) is 5.75 Å². The Bertz CT molecular complexity index is 1390. The minimum absolute atomic E-state index is 0.00195. The molecule has 7 heteroatoms. The highest BCUT2D eigenvalue weighted by atomic mass is 32.2. The van der Waals surface area contributed by atoms with E-state index < -0.39 is 0 Å². The summed E-state index contributed by atoms with van der Waals surface area (Å²) in [5.74, 6) is 0.654. The van der Waals surface area contributed by atoms with Crippen molar-refractivity contribution >= 4 is 41.0 Å². The second-order valence-corrected chi connectivity index (χ2v) is 10.7. The lowest BCUT2D eigenvalue weighted by molar-refractivity contribution is -0.114. The van der Waals surface area contributed by atoms with Crippen molar-refractivity contribution in [2.45, 2.75) is 24.8 Å². The molecule has 0 radical (unpaired) electrons. The smallest absolute Gasteiger partial charge is 0.264 e. The third-order valence-corrected chi connectivity index (χ3v) is 8.02. The first-order chi connectivity index (χ1) is 17.8.